The van der Waals surface area contributed by atoms with Crippen molar-refractivity contribution in [2.45, 2.75) is 37.9 Å². The predicted octanol–water partition coefficient (Wildman–Crippen LogP) is 2.37. The average Bonchev–Trinajstić information content (AvgIpc) is 2.67. The summed E-state index contributed by atoms with van der Waals surface area (Å²) >= 11 is 0. The molecule has 2 aliphatic carbocycles. The number of rotatable bonds is 3. The molecular weight excluding hydrogens is 268 g/mol. The quantitative estimate of drug-likeness (QED) is 0.800. The van der Waals surface area contributed by atoms with E-state index in [0.29, 0.717) is 11.5 Å². The molecule has 2 bridgehead atoms. The number of esters is 1. The van der Waals surface area contributed by atoms with Gasteiger partial charge in [0.25, 0.3) is 0 Å². The smallest absolute Gasteiger partial charge is 0.338 e. The Morgan fingerprint density at radius 2 is 2.14 bits per heavy atom. The lowest BCUT2D eigenvalue weighted by molar-refractivity contribution is -0.149. The van der Waals surface area contributed by atoms with E-state index in [4.69, 9.17) is 9.47 Å². The minimum Gasteiger partial charge on any atom is -0.461 e. The standard InChI is InChI=1S/C17H18O4/c1-16-8-7-12-9-13(21-16)17(12,15(16)19)10-20-14(18)11-5-3-2-4-6-11/h2-6,12-13H,7-10H2,1H3/t12-,13+,16-,17-/m1/s1. The molecule has 1 aliphatic heterocycles. The molecule has 4 atom stereocenters. The summed E-state index contributed by atoms with van der Waals surface area (Å²) in [5, 5.41) is 0. The molecule has 0 radical (unpaired) electrons. The highest BCUT2D eigenvalue weighted by molar-refractivity contribution is 5.97. The Hall–Kier alpha value is -1.68. The highest BCUT2D eigenvalue weighted by atomic mass is 16.6. The molecule has 4 heteroatoms. The van der Waals surface area contributed by atoms with Gasteiger partial charge in [0.05, 0.1) is 17.1 Å². The maximum atomic E-state index is 12.7. The first-order chi connectivity index (χ1) is 10.1. The van der Waals surface area contributed by atoms with Gasteiger partial charge in [-0.3, -0.25) is 4.79 Å². The van der Waals surface area contributed by atoms with Crippen LogP contribution >= 0.6 is 0 Å². The van der Waals surface area contributed by atoms with Crippen LogP contribution < -0.4 is 0 Å². The van der Waals surface area contributed by atoms with E-state index in [1.54, 1.807) is 24.3 Å². The predicted molar refractivity (Wildman–Crippen MR) is 74.8 cm³/mol. The molecule has 1 saturated heterocycles. The summed E-state index contributed by atoms with van der Waals surface area (Å²) in [6, 6.07) is 8.89. The molecule has 0 unspecified atom stereocenters. The van der Waals surface area contributed by atoms with Gasteiger partial charge in [0.15, 0.2) is 5.78 Å². The maximum absolute atomic E-state index is 12.7. The number of fused-ring (bicyclic) bond motifs is 1. The molecule has 3 fully saturated rings. The van der Waals surface area contributed by atoms with Gasteiger partial charge >= 0.3 is 5.97 Å². The molecule has 4 rings (SSSR count). The van der Waals surface area contributed by atoms with Gasteiger partial charge in [-0.2, -0.15) is 0 Å². The van der Waals surface area contributed by atoms with Crippen LogP contribution in [-0.2, 0) is 14.3 Å². The van der Waals surface area contributed by atoms with E-state index < -0.39 is 11.0 Å². The van der Waals surface area contributed by atoms with E-state index in [9.17, 15) is 9.59 Å². The molecule has 21 heavy (non-hydrogen) atoms. The summed E-state index contributed by atoms with van der Waals surface area (Å²) in [6.07, 6.45) is 2.64. The monoisotopic (exact) mass is 286 g/mol. The SMILES string of the molecule is C[C@]12CC[C@@H]3C[C@H](O1)[C@]3(COC(=O)c1ccccc1)C2=O. The highest BCUT2D eigenvalue weighted by Gasteiger charge is 2.73. The fourth-order valence-electron chi connectivity index (χ4n) is 4.24. The first-order valence-electron chi connectivity index (χ1n) is 7.51. The van der Waals surface area contributed by atoms with Crippen LogP contribution in [0.2, 0.25) is 0 Å². The molecule has 0 aromatic heterocycles. The van der Waals surface area contributed by atoms with Gasteiger partial charge in [0.1, 0.15) is 12.2 Å². The van der Waals surface area contributed by atoms with E-state index in [0.717, 1.165) is 19.3 Å². The molecule has 1 aromatic carbocycles. The van der Waals surface area contributed by atoms with E-state index >= 15 is 0 Å². The van der Waals surface area contributed by atoms with Gasteiger partial charge in [-0.05, 0) is 44.2 Å². The third-order valence-corrected chi connectivity index (χ3v) is 5.53. The average molecular weight is 286 g/mol. The minimum absolute atomic E-state index is 0.0638. The van der Waals surface area contributed by atoms with Crippen LogP contribution in [0.15, 0.2) is 30.3 Å². The van der Waals surface area contributed by atoms with Crippen LogP contribution in [0.5, 0.6) is 0 Å². The topological polar surface area (TPSA) is 52.6 Å². The number of benzene rings is 1. The molecule has 1 aromatic rings. The largest absolute Gasteiger partial charge is 0.461 e. The second-order valence-electron chi connectivity index (χ2n) is 6.62. The molecule has 110 valence electrons. The van der Waals surface area contributed by atoms with Gasteiger partial charge in [0, 0.05) is 0 Å². The Balaban J connectivity index is 1.53. The van der Waals surface area contributed by atoms with Gasteiger partial charge in [-0.1, -0.05) is 18.2 Å². The van der Waals surface area contributed by atoms with Crippen LogP contribution in [0.25, 0.3) is 0 Å². The van der Waals surface area contributed by atoms with Crippen molar-refractivity contribution >= 4 is 11.8 Å². The van der Waals surface area contributed by atoms with E-state index in [2.05, 4.69) is 0 Å². The van der Waals surface area contributed by atoms with Crippen molar-refractivity contribution < 1.29 is 19.1 Å². The first kappa shape index (κ1) is 13.0. The fourth-order valence-corrected chi connectivity index (χ4v) is 4.24. The molecule has 0 spiro atoms. The summed E-state index contributed by atoms with van der Waals surface area (Å²) in [4.78, 5) is 24.8. The van der Waals surface area contributed by atoms with Gasteiger partial charge < -0.3 is 9.47 Å². The van der Waals surface area contributed by atoms with Crippen molar-refractivity contribution in [1.82, 2.24) is 0 Å². The second kappa shape index (κ2) is 4.17. The Morgan fingerprint density at radius 1 is 1.38 bits per heavy atom. The van der Waals surface area contributed by atoms with Crippen LogP contribution in [0.4, 0.5) is 0 Å². The van der Waals surface area contributed by atoms with Crippen molar-refractivity contribution in [3.8, 4) is 0 Å². The second-order valence-corrected chi connectivity index (χ2v) is 6.62. The minimum atomic E-state index is -0.656. The van der Waals surface area contributed by atoms with Crippen molar-refractivity contribution in [2.24, 2.45) is 11.3 Å². The molecule has 0 N–H and O–H groups in total. The van der Waals surface area contributed by atoms with E-state index in [1.807, 2.05) is 13.0 Å². The number of Topliss-reactive ketones (excluding diaryl/α,β-unsaturated/α-hetero) is 1. The fraction of sp³-hybridized carbons (Fsp3) is 0.529. The molecule has 3 aliphatic rings. The summed E-state index contributed by atoms with van der Waals surface area (Å²) in [5.74, 6) is 0.0915. The Kier molecular flexibility index (Phi) is 2.58. The lowest BCUT2D eigenvalue weighted by atomic mass is 9.51. The summed E-state index contributed by atoms with van der Waals surface area (Å²) in [7, 11) is 0. The zero-order chi connectivity index (χ0) is 14.7. The number of carbonyl (C=O) groups is 2. The van der Waals surface area contributed by atoms with Crippen molar-refractivity contribution in [1.29, 1.82) is 0 Å². The lowest BCUT2D eigenvalue weighted by Gasteiger charge is -2.50. The summed E-state index contributed by atoms with van der Waals surface area (Å²) in [5.41, 5.74) is -0.707. The van der Waals surface area contributed by atoms with Crippen molar-refractivity contribution in [2.75, 3.05) is 6.61 Å². The Morgan fingerprint density at radius 3 is 2.90 bits per heavy atom. The Labute approximate surface area is 123 Å². The van der Waals surface area contributed by atoms with Crippen LogP contribution in [-0.4, -0.2) is 30.1 Å². The van der Waals surface area contributed by atoms with Crippen molar-refractivity contribution in [3.05, 3.63) is 35.9 Å². The number of ketones is 1. The van der Waals surface area contributed by atoms with Crippen molar-refractivity contribution in [3.63, 3.8) is 0 Å². The number of carbonyl (C=O) groups excluding carboxylic acids is 2. The van der Waals surface area contributed by atoms with Crippen LogP contribution in [0.1, 0.15) is 36.5 Å². The molecule has 4 nitrogen and oxygen atoms in total. The maximum Gasteiger partial charge on any atom is 0.338 e. The summed E-state index contributed by atoms with van der Waals surface area (Å²) < 4.78 is 11.4. The Bertz CT molecular complexity index is 610. The third-order valence-electron chi connectivity index (χ3n) is 5.53. The zero-order valence-electron chi connectivity index (χ0n) is 12.0. The highest BCUT2D eigenvalue weighted by Crippen LogP contribution is 2.63. The number of ether oxygens (including phenoxy) is 2. The lowest BCUT2D eigenvalue weighted by Crippen LogP contribution is -2.60. The van der Waals surface area contributed by atoms with Crippen LogP contribution in [0, 0.1) is 11.3 Å². The van der Waals surface area contributed by atoms with Gasteiger partial charge in [-0.15, -0.1) is 0 Å². The normalized spacial score (nSPS) is 39.8. The summed E-state index contributed by atoms with van der Waals surface area (Å²) in [6.45, 7) is 2.04. The molecule has 1 heterocycles. The molecular formula is C17H18O4. The van der Waals surface area contributed by atoms with Gasteiger partial charge in [0.2, 0.25) is 0 Å². The zero-order valence-corrected chi connectivity index (χ0v) is 12.0. The molecule has 0 amide bonds. The van der Waals surface area contributed by atoms with E-state index in [-0.39, 0.29) is 24.5 Å². The molecule has 2 saturated carbocycles. The third kappa shape index (κ3) is 1.59. The van der Waals surface area contributed by atoms with Gasteiger partial charge in [-0.25, -0.2) is 4.79 Å². The van der Waals surface area contributed by atoms with Crippen LogP contribution in [0.3, 0.4) is 0 Å². The first-order valence-corrected chi connectivity index (χ1v) is 7.51. The van der Waals surface area contributed by atoms with E-state index in [1.165, 1.54) is 0 Å². The number of hydrogen-bond acceptors (Lipinski definition) is 4. The number of hydrogen-bond donors (Lipinski definition) is 0.